The van der Waals surface area contributed by atoms with E-state index in [1.807, 2.05) is 43.0 Å². The third-order valence-corrected chi connectivity index (χ3v) is 5.48. The van der Waals surface area contributed by atoms with E-state index in [-0.39, 0.29) is 11.9 Å². The van der Waals surface area contributed by atoms with Crippen LogP contribution >= 0.6 is 0 Å². The molecule has 0 bridgehead atoms. The molecule has 0 fully saturated rings. The minimum atomic E-state index is 0.0577. The van der Waals surface area contributed by atoms with Gasteiger partial charge in [-0.2, -0.15) is 15.2 Å². The molecule has 12 nitrogen and oxygen atoms in total. The van der Waals surface area contributed by atoms with Crippen LogP contribution in [-0.2, 0) is 4.74 Å². The van der Waals surface area contributed by atoms with Crippen molar-refractivity contribution in [3.63, 3.8) is 0 Å². The molecular weight excluding hydrogens is 458 g/mol. The largest absolute Gasteiger partial charge is 0.372 e. The van der Waals surface area contributed by atoms with Crippen molar-refractivity contribution in [1.82, 2.24) is 0 Å². The van der Waals surface area contributed by atoms with Gasteiger partial charge in [0.15, 0.2) is 0 Å². The second kappa shape index (κ2) is 14.4. The molecule has 0 saturated carbocycles. The first-order valence-corrected chi connectivity index (χ1v) is 11.9. The number of hydrogen-bond donors (Lipinski definition) is 5. The Labute approximate surface area is 212 Å². The van der Waals surface area contributed by atoms with E-state index < -0.39 is 0 Å². The summed E-state index contributed by atoms with van der Waals surface area (Å²) in [5.74, 6) is 0.288. The number of guanidine groups is 2. The number of benzene rings is 2. The lowest BCUT2D eigenvalue weighted by molar-refractivity contribution is 0.148. The van der Waals surface area contributed by atoms with Gasteiger partial charge in [0.1, 0.15) is 18.1 Å². The Morgan fingerprint density at radius 1 is 0.861 bits per heavy atom. The maximum Gasteiger partial charge on any atom is 0.225 e. The number of ether oxygens (including phenoxy) is 1. The van der Waals surface area contributed by atoms with E-state index in [0.29, 0.717) is 36.1 Å². The number of nitrogens with one attached hydrogen (secondary N) is 4. The van der Waals surface area contributed by atoms with E-state index in [4.69, 9.17) is 21.5 Å². The van der Waals surface area contributed by atoms with E-state index in [9.17, 15) is 0 Å². The number of hydrogen-bond acceptors (Lipinski definition) is 8. The highest BCUT2D eigenvalue weighted by Crippen LogP contribution is 2.31. The number of nitrogens with two attached hydrogens (primary N) is 1. The summed E-state index contributed by atoms with van der Waals surface area (Å²) in [5, 5.41) is 13.3. The van der Waals surface area contributed by atoms with Gasteiger partial charge in [-0.25, -0.2) is 11.1 Å². The van der Waals surface area contributed by atoms with Gasteiger partial charge in [-0.1, -0.05) is 0 Å². The van der Waals surface area contributed by atoms with Crippen LogP contribution in [0.25, 0.3) is 0 Å². The van der Waals surface area contributed by atoms with Gasteiger partial charge in [-0.3, -0.25) is 4.99 Å². The highest BCUT2D eigenvalue weighted by molar-refractivity contribution is 6.07. The molecule has 194 valence electrons. The van der Waals surface area contributed by atoms with E-state index in [1.165, 1.54) is 0 Å². The summed E-state index contributed by atoms with van der Waals surface area (Å²) in [6, 6.07) is 11.1. The predicted octanol–water partition coefficient (Wildman–Crippen LogP) is 5.50. The van der Waals surface area contributed by atoms with Crippen LogP contribution in [0, 0.1) is 11.1 Å². The maximum atomic E-state index is 7.52. The van der Waals surface area contributed by atoms with E-state index in [0.717, 1.165) is 31.0 Å². The maximum absolute atomic E-state index is 7.52. The van der Waals surface area contributed by atoms with Crippen molar-refractivity contribution in [2.75, 3.05) is 60.5 Å². The highest BCUT2D eigenvalue weighted by Gasteiger charge is 2.12. The zero-order valence-corrected chi connectivity index (χ0v) is 21.7. The first kappa shape index (κ1) is 28.2. The Balaban J connectivity index is 2.30. The Morgan fingerprint density at radius 2 is 1.39 bits per heavy atom. The SMILES string of the molecule is CCOCN(CC)c1ccc(N=N)c(NC(N)=NC(=NC)Nc2cc(N(CC)CC)ccc2N=N)c1. The minimum absolute atomic E-state index is 0.0577. The Hall–Kier alpha value is -4.06. The molecule has 0 radical (unpaired) electrons. The summed E-state index contributed by atoms with van der Waals surface area (Å²) in [5.41, 5.74) is 25.1. The van der Waals surface area contributed by atoms with Gasteiger partial charge in [-0.15, -0.1) is 0 Å². The van der Waals surface area contributed by atoms with Crippen molar-refractivity contribution >= 4 is 46.0 Å². The summed E-state index contributed by atoms with van der Waals surface area (Å²) in [7, 11) is 1.59. The lowest BCUT2D eigenvalue weighted by atomic mass is 10.2. The molecular formula is C24H37N11O. The molecule has 2 aromatic rings. The molecule has 2 aromatic carbocycles. The van der Waals surface area contributed by atoms with Crippen LogP contribution in [0.4, 0.5) is 34.1 Å². The molecule has 6 N–H and O–H groups in total. The van der Waals surface area contributed by atoms with Crippen LogP contribution in [-0.4, -0.2) is 51.9 Å². The molecule has 2 rings (SSSR count). The van der Waals surface area contributed by atoms with Crippen molar-refractivity contribution in [3.05, 3.63) is 36.4 Å². The number of nitrogens with zero attached hydrogens (tertiary/aromatic N) is 6. The standard InChI is InChI=1S/C24H37N11O/c1-6-34(7-2)17-10-12-20(33-27)22(14-17)30-24(28-5)31-23(25)29-21-15-18(11-13-19(21)32-26)35(8-3)16-36-9-4/h10-15,26-27H,6-9,16H2,1-5H3,(H4,25,28,29,30,31). The Bertz CT molecular complexity index is 1080. The van der Waals surface area contributed by atoms with Crippen molar-refractivity contribution in [1.29, 1.82) is 11.1 Å². The van der Waals surface area contributed by atoms with Crippen LogP contribution in [0.5, 0.6) is 0 Å². The summed E-state index contributed by atoms with van der Waals surface area (Å²) < 4.78 is 5.55. The normalized spacial score (nSPS) is 11.7. The highest BCUT2D eigenvalue weighted by atomic mass is 16.5. The molecule has 0 spiro atoms. The fourth-order valence-corrected chi connectivity index (χ4v) is 3.51. The van der Waals surface area contributed by atoms with Crippen molar-refractivity contribution < 1.29 is 4.74 Å². The Morgan fingerprint density at radius 3 is 1.86 bits per heavy atom. The smallest absolute Gasteiger partial charge is 0.225 e. The molecule has 0 aliphatic heterocycles. The molecule has 0 unspecified atom stereocenters. The fourth-order valence-electron chi connectivity index (χ4n) is 3.51. The third kappa shape index (κ3) is 7.47. The summed E-state index contributed by atoms with van der Waals surface area (Å²) in [6.45, 7) is 11.6. The second-order valence-corrected chi connectivity index (χ2v) is 7.57. The zero-order chi connectivity index (χ0) is 26.5. The molecule has 0 aliphatic carbocycles. The van der Waals surface area contributed by atoms with Gasteiger partial charge in [0.2, 0.25) is 11.9 Å². The summed E-state index contributed by atoms with van der Waals surface area (Å²) >= 11 is 0. The Kier molecular flexibility index (Phi) is 11.2. The van der Waals surface area contributed by atoms with Crippen molar-refractivity contribution in [3.8, 4) is 0 Å². The molecule has 36 heavy (non-hydrogen) atoms. The lowest BCUT2D eigenvalue weighted by Gasteiger charge is -2.23. The lowest BCUT2D eigenvalue weighted by Crippen LogP contribution is -2.27. The van der Waals surface area contributed by atoms with Crippen LogP contribution in [0.2, 0.25) is 0 Å². The quantitative estimate of drug-likeness (QED) is 0.113. The van der Waals surface area contributed by atoms with Gasteiger partial charge in [-0.05, 0) is 64.1 Å². The van der Waals surface area contributed by atoms with E-state index >= 15 is 0 Å². The summed E-state index contributed by atoms with van der Waals surface area (Å²) in [6.07, 6.45) is 0. The van der Waals surface area contributed by atoms with Crippen molar-refractivity contribution in [2.24, 2.45) is 25.9 Å². The predicted molar refractivity (Wildman–Crippen MR) is 148 cm³/mol. The van der Waals surface area contributed by atoms with Gasteiger partial charge < -0.3 is 30.9 Å². The van der Waals surface area contributed by atoms with Gasteiger partial charge in [0, 0.05) is 44.7 Å². The molecule has 0 heterocycles. The molecule has 0 aromatic heterocycles. The summed E-state index contributed by atoms with van der Waals surface area (Å²) in [4.78, 5) is 12.8. The first-order valence-electron chi connectivity index (χ1n) is 11.9. The molecule has 0 atom stereocenters. The zero-order valence-electron chi connectivity index (χ0n) is 21.7. The van der Waals surface area contributed by atoms with E-state index in [1.54, 1.807) is 19.2 Å². The third-order valence-electron chi connectivity index (χ3n) is 5.48. The second-order valence-electron chi connectivity index (χ2n) is 7.57. The first-order chi connectivity index (χ1) is 17.4. The number of aliphatic imine (C=N–C) groups is 2. The van der Waals surface area contributed by atoms with Crippen LogP contribution in [0.15, 0.2) is 56.6 Å². The molecule has 0 aliphatic rings. The molecule has 0 saturated heterocycles. The minimum Gasteiger partial charge on any atom is -0.372 e. The molecule has 12 heteroatoms. The van der Waals surface area contributed by atoms with E-state index in [2.05, 4.69) is 49.6 Å². The average Bonchev–Trinajstić information content (AvgIpc) is 2.89. The topological polar surface area (TPSA) is 163 Å². The number of rotatable bonds is 12. The molecule has 0 amide bonds. The number of anilines is 4. The fraction of sp³-hybridized carbons (Fsp3) is 0.417. The van der Waals surface area contributed by atoms with Gasteiger partial charge in [0.25, 0.3) is 0 Å². The van der Waals surface area contributed by atoms with Gasteiger partial charge in [0.05, 0.1) is 11.4 Å². The van der Waals surface area contributed by atoms with Crippen LogP contribution in [0.1, 0.15) is 27.7 Å². The van der Waals surface area contributed by atoms with Gasteiger partial charge >= 0.3 is 0 Å². The average molecular weight is 496 g/mol. The van der Waals surface area contributed by atoms with Crippen molar-refractivity contribution in [2.45, 2.75) is 27.7 Å². The van der Waals surface area contributed by atoms with Crippen LogP contribution in [0.3, 0.4) is 0 Å². The monoisotopic (exact) mass is 495 g/mol. The van der Waals surface area contributed by atoms with Crippen LogP contribution < -0.4 is 26.2 Å².